The molecule has 1 aliphatic carbocycles. The van der Waals surface area contributed by atoms with Crippen molar-refractivity contribution < 1.29 is 36.6 Å². The standard InChI is InChI=1S/C24H21F4N3O4/c1-3-31-13-14(12-29-31)17-6-4-15(10-18(17)21(32)34-2)30-22(33)23(8-9-23)19-7-5-16(11-20(19)25)35-24(26,27)28/h4-7,10-13H,3,8-9H2,1-2H3,(H,30,33). The molecular weight excluding hydrogens is 470 g/mol. The quantitative estimate of drug-likeness (QED) is 0.369. The van der Waals surface area contributed by atoms with E-state index in [0.717, 1.165) is 12.1 Å². The fourth-order valence-corrected chi connectivity index (χ4v) is 3.90. The van der Waals surface area contributed by atoms with Crippen molar-refractivity contribution in [3.63, 3.8) is 0 Å². The van der Waals surface area contributed by atoms with Crippen LogP contribution in [0.4, 0.5) is 23.2 Å². The molecule has 0 spiro atoms. The Kier molecular flexibility index (Phi) is 6.27. The number of carbonyl (C=O) groups is 2. The van der Waals surface area contributed by atoms with E-state index >= 15 is 0 Å². The lowest BCUT2D eigenvalue weighted by atomic mass is 9.94. The van der Waals surface area contributed by atoms with Gasteiger partial charge >= 0.3 is 12.3 Å². The number of carbonyl (C=O) groups excluding carboxylic acids is 2. The highest BCUT2D eigenvalue weighted by Crippen LogP contribution is 2.50. The second-order valence-electron chi connectivity index (χ2n) is 8.06. The number of hydrogen-bond donors (Lipinski definition) is 1. The normalized spacial score (nSPS) is 14.3. The Morgan fingerprint density at radius 2 is 1.91 bits per heavy atom. The first-order valence-electron chi connectivity index (χ1n) is 10.7. The van der Waals surface area contributed by atoms with Crippen molar-refractivity contribution in [2.75, 3.05) is 12.4 Å². The van der Waals surface area contributed by atoms with Crippen molar-refractivity contribution in [1.82, 2.24) is 9.78 Å². The zero-order valence-electron chi connectivity index (χ0n) is 18.8. The van der Waals surface area contributed by atoms with Crippen molar-refractivity contribution >= 4 is 17.6 Å². The molecule has 35 heavy (non-hydrogen) atoms. The maximum atomic E-state index is 14.7. The van der Waals surface area contributed by atoms with Crippen LogP contribution in [-0.4, -0.2) is 35.1 Å². The van der Waals surface area contributed by atoms with Gasteiger partial charge < -0.3 is 14.8 Å². The molecule has 1 aromatic heterocycles. The van der Waals surface area contributed by atoms with E-state index < -0.39 is 35.2 Å². The van der Waals surface area contributed by atoms with Gasteiger partial charge in [-0.1, -0.05) is 12.1 Å². The van der Waals surface area contributed by atoms with Crippen LogP contribution in [0.2, 0.25) is 0 Å². The smallest absolute Gasteiger partial charge is 0.465 e. The van der Waals surface area contributed by atoms with Crippen molar-refractivity contribution in [2.24, 2.45) is 0 Å². The van der Waals surface area contributed by atoms with Gasteiger partial charge in [-0.3, -0.25) is 9.48 Å². The minimum absolute atomic E-state index is 0.0266. The van der Waals surface area contributed by atoms with Crippen LogP contribution in [0.3, 0.4) is 0 Å². The Morgan fingerprint density at radius 1 is 1.17 bits per heavy atom. The third-order valence-electron chi connectivity index (χ3n) is 5.83. The highest BCUT2D eigenvalue weighted by Gasteiger charge is 2.53. The molecule has 0 saturated heterocycles. The van der Waals surface area contributed by atoms with E-state index in [9.17, 15) is 27.2 Å². The maximum absolute atomic E-state index is 14.7. The Bertz CT molecular complexity index is 1280. The number of esters is 1. The number of alkyl halides is 3. The molecule has 0 unspecified atom stereocenters. The number of amides is 1. The second-order valence-corrected chi connectivity index (χ2v) is 8.06. The summed E-state index contributed by atoms with van der Waals surface area (Å²) in [6.45, 7) is 2.56. The van der Waals surface area contributed by atoms with Crippen LogP contribution in [0.5, 0.6) is 5.75 Å². The molecule has 1 N–H and O–H groups in total. The second kappa shape index (κ2) is 9.05. The summed E-state index contributed by atoms with van der Waals surface area (Å²) in [6, 6.07) is 7.39. The number of aryl methyl sites for hydroxylation is 1. The van der Waals surface area contributed by atoms with Crippen LogP contribution in [0.25, 0.3) is 11.1 Å². The molecule has 1 aliphatic rings. The molecule has 7 nitrogen and oxygen atoms in total. The number of methoxy groups -OCH3 is 1. The van der Waals surface area contributed by atoms with E-state index in [0.29, 0.717) is 36.6 Å². The summed E-state index contributed by atoms with van der Waals surface area (Å²) in [5.41, 5.74) is 0.472. The van der Waals surface area contributed by atoms with Crippen LogP contribution in [-0.2, 0) is 21.5 Å². The number of ether oxygens (including phenoxy) is 2. The van der Waals surface area contributed by atoms with E-state index in [1.807, 2.05) is 6.92 Å². The first-order valence-corrected chi connectivity index (χ1v) is 10.7. The first-order chi connectivity index (χ1) is 16.6. The summed E-state index contributed by atoms with van der Waals surface area (Å²) in [5.74, 6) is -2.84. The summed E-state index contributed by atoms with van der Waals surface area (Å²) in [4.78, 5) is 25.5. The fourth-order valence-electron chi connectivity index (χ4n) is 3.90. The topological polar surface area (TPSA) is 82.5 Å². The molecule has 0 radical (unpaired) electrons. The van der Waals surface area contributed by atoms with Gasteiger partial charge in [-0.2, -0.15) is 5.10 Å². The number of hydrogen-bond acceptors (Lipinski definition) is 5. The van der Waals surface area contributed by atoms with Crippen LogP contribution < -0.4 is 10.1 Å². The van der Waals surface area contributed by atoms with E-state index in [2.05, 4.69) is 15.2 Å². The number of benzene rings is 2. The fraction of sp³-hybridized carbons (Fsp3) is 0.292. The van der Waals surface area contributed by atoms with Crippen LogP contribution in [0.15, 0.2) is 48.8 Å². The summed E-state index contributed by atoms with van der Waals surface area (Å²) < 4.78 is 62.2. The largest absolute Gasteiger partial charge is 0.573 e. The number of nitrogens with zero attached hydrogens (tertiary/aromatic N) is 2. The molecule has 0 bridgehead atoms. The number of aromatic nitrogens is 2. The van der Waals surface area contributed by atoms with Gasteiger partial charge in [0.1, 0.15) is 11.6 Å². The van der Waals surface area contributed by atoms with E-state index in [1.54, 1.807) is 29.2 Å². The predicted octanol–water partition coefficient (Wildman–Crippen LogP) is 5.06. The lowest BCUT2D eigenvalue weighted by Gasteiger charge is -2.18. The molecule has 2 aromatic carbocycles. The minimum Gasteiger partial charge on any atom is -0.465 e. The van der Waals surface area contributed by atoms with Gasteiger partial charge in [-0.15, -0.1) is 13.2 Å². The van der Waals surface area contributed by atoms with E-state index in [1.165, 1.54) is 13.2 Å². The molecule has 1 amide bonds. The van der Waals surface area contributed by atoms with Gasteiger partial charge in [0.25, 0.3) is 0 Å². The number of halogens is 4. The van der Waals surface area contributed by atoms with Gasteiger partial charge in [-0.05, 0) is 43.5 Å². The van der Waals surface area contributed by atoms with Crippen molar-refractivity contribution in [1.29, 1.82) is 0 Å². The molecule has 1 saturated carbocycles. The number of anilines is 1. The Balaban J connectivity index is 1.59. The zero-order valence-corrected chi connectivity index (χ0v) is 18.8. The lowest BCUT2D eigenvalue weighted by Crippen LogP contribution is -2.29. The predicted molar refractivity (Wildman–Crippen MR) is 117 cm³/mol. The minimum atomic E-state index is -4.96. The molecule has 1 heterocycles. The average Bonchev–Trinajstić information content (AvgIpc) is 3.47. The van der Waals surface area contributed by atoms with Gasteiger partial charge in [0.2, 0.25) is 5.91 Å². The molecule has 3 aromatic rings. The summed E-state index contributed by atoms with van der Waals surface area (Å²) in [5, 5.41) is 6.90. The Morgan fingerprint density at radius 3 is 2.49 bits per heavy atom. The lowest BCUT2D eigenvalue weighted by molar-refractivity contribution is -0.274. The summed E-state index contributed by atoms with van der Waals surface area (Å²) in [6.07, 6.45) is -0.951. The molecule has 11 heteroatoms. The molecule has 0 aliphatic heterocycles. The summed E-state index contributed by atoms with van der Waals surface area (Å²) in [7, 11) is 1.24. The maximum Gasteiger partial charge on any atom is 0.573 e. The third kappa shape index (κ3) is 4.98. The average molecular weight is 491 g/mol. The first kappa shape index (κ1) is 24.2. The molecule has 4 rings (SSSR count). The summed E-state index contributed by atoms with van der Waals surface area (Å²) >= 11 is 0. The van der Waals surface area contributed by atoms with Crippen molar-refractivity contribution in [3.05, 3.63) is 65.7 Å². The monoisotopic (exact) mass is 491 g/mol. The van der Waals surface area contributed by atoms with Gasteiger partial charge in [0, 0.05) is 35.6 Å². The van der Waals surface area contributed by atoms with Crippen molar-refractivity contribution in [2.45, 2.75) is 38.1 Å². The van der Waals surface area contributed by atoms with Crippen LogP contribution in [0.1, 0.15) is 35.7 Å². The van der Waals surface area contributed by atoms with Crippen molar-refractivity contribution in [3.8, 4) is 16.9 Å². The zero-order chi connectivity index (χ0) is 25.4. The SMILES string of the molecule is CCn1cc(-c2ccc(NC(=O)C3(c4ccc(OC(F)(F)F)cc4F)CC3)cc2C(=O)OC)cn1. The molecule has 1 fully saturated rings. The molecular formula is C24H21F4N3O4. The third-order valence-corrected chi connectivity index (χ3v) is 5.83. The Hall–Kier alpha value is -3.89. The van der Waals surface area contributed by atoms with E-state index in [-0.39, 0.29) is 16.8 Å². The van der Waals surface area contributed by atoms with Gasteiger partial charge in [0.15, 0.2) is 0 Å². The van der Waals surface area contributed by atoms with E-state index in [4.69, 9.17) is 4.74 Å². The molecule has 184 valence electrons. The highest BCUT2D eigenvalue weighted by atomic mass is 19.4. The Labute approximate surface area is 197 Å². The van der Waals surface area contributed by atoms with Gasteiger partial charge in [0.05, 0.1) is 24.3 Å². The van der Waals surface area contributed by atoms with Crippen LogP contribution in [0, 0.1) is 5.82 Å². The van der Waals surface area contributed by atoms with Crippen LogP contribution >= 0.6 is 0 Å². The number of rotatable bonds is 7. The van der Waals surface area contributed by atoms with Gasteiger partial charge in [-0.25, -0.2) is 9.18 Å². The number of nitrogens with one attached hydrogen (secondary N) is 1. The molecule has 0 atom stereocenters. The highest BCUT2D eigenvalue weighted by molar-refractivity contribution is 6.04.